The van der Waals surface area contributed by atoms with Crippen molar-refractivity contribution in [2.24, 2.45) is 0 Å². The molecule has 1 unspecified atom stereocenters. The molecular formula is C37H58N6O7S. The van der Waals surface area contributed by atoms with E-state index in [0.717, 1.165) is 62.7 Å². The Labute approximate surface area is 307 Å². The van der Waals surface area contributed by atoms with Gasteiger partial charge < -0.3 is 35.8 Å². The number of amides is 6. The van der Waals surface area contributed by atoms with Gasteiger partial charge in [-0.05, 0) is 51.0 Å². The third-order valence-corrected chi connectivity index (χ3v) is 10.6. The maximum atomic E-state index is 13.2. The number of hydrogen-bond donors (Lipinski definition) is 4. The largest absolute Gasteiger partial charge is 0.383 e. The average molecular weight is 731 g/mol. The van der Waals surface area contributed by atoms with Crippen LogP contribution >= 0.6 is 11.8 Å². The second-order valence-corrected chi connectivity index (χ2v) is 14.7. The van der Waals surface area contributed by atoms with E-state index in [-0.39, 0.29) is 73.6 Å². The smallest absolute Gasteiger partial charge is 0.315 e. The molecule has 2 saturated heterocycles. The summed E-state index contributed by atoms with van der Waals surface area (Å²) in [5, 5.41) is 12.3. The van der Waals surface area contributed by atoms with Crippen LogP contribution in [-0.2, 0) is 35.3 Å². The van der Waals surface area contributed by atoms with Crippen LogP contribution < -0.4 is 21.3 Å². The first kappa shape index (κ1) is 41.8. The third-order valence-electron chi connectivity index (χ3n) is 9.10. The molecule has 14 heteroatoms. The van der Waals surface area contributed by atoms with Gasteiger partial charge in [-0.25, -0.2) is 4.79 Å². The van der Waals surface area contributed by atoms with Crippen LogP contribution in [0.2, 0.25) is 0 Å². The Morgan fingerprint density at radius 1 is 0.804 bits per heavy atom. The molecule has 51 heavy (non-hydrogen) atoms. The molecule has 0 saturated carbocycles. The van der Waals surface area contributed by atoms with Gasteiger partial charge in [-0.15, -0.1) is 0 Å². The number of benzene rings is 1. The quantitative estimate of drug-likeness (QED) is 0.0834. The topological polar surface area (TPSA) is 166 Å². The number of unbranched alkanes of at least 4 members (excludes halogenated alkanes) is 5. The molecule has 0 radical (unpaired) electrons. The maximum Gasteiger partial charge on any atom is 0.315 e. The lowest BCUT2D eigenvalue weighted by Gasteiger charge is -2.27. The molecule has 0 aliphatic carbocycles. The van der Waals surface area contributed by atoms with E-state index in [0.29, 0.717) is 50.8 Å². The number of thioether (sulfide) groups is 1. The van der Waals surface area contributed by atoms with Crippen molar-refractivity contribution in [2.45, 2.75) is 108 Å². The van der Waals surface area contributed by atoms with Crippen LogP contribution in [0.4, 0.5) is 4.79 Å². The van der Waals surface area contributed by atoms with Gasteiger partial charge in [0.25, 0.3) is 0 Å². The molecule has 1 aromatic rings. The van der Waals surface area contributed by atoms with E-state index in [1.807, 2.05) is 42.1 Å². The number of ether oxygens (including phenoxy) is 1. The summed E-state index contributed by atoms with van der Waals surface area (Å²) in [6.45, 7) is 3.34. The minimum atomic E-state index is -0.287. The SMILES string of the molecule is COCCN(CC(=O)N(CC(C)=O)Cc1ccccc1)C(=O)CCCCCNC(=O)CCCCCNC(=O)CCCCC1SC[C@H]2NC(=O)N[C@@H]12. The highest BCUT2D eigenvalue weighted by Gasteiger charge is 2.42. The van der Waals surface area contributed by atoms with Gasteiger partial charge >= 0.3 is 6.03 Å². The molecule has 3 rings (SSSR count). The number of Topliss-reactive ketones (excluding diaryl/α,β-unsaturated/α-hetero) is 1. The van der Waals surface area contributed by atoms with E-state index in [1.165, 1.54) is 16.7 Å². The van der Waals surface area contributed by atoms with E-state index in [1.54, 1.807) is 7.11 Å². The number of rotatable bonds is 26. The summed E-state index contributed by atoms with van der Waals surface area (Å²) in [7, 11) is 1.54. The average Bonchev–Trinajstić information content (AvgIpc) is 3.66. The van der Waals surface area contributed by atoms with Crippen LogP contribution in [-0.4, -0.2) is 115 Å². The molecule has 2 aliphatic heterocycles. The first-order chi connectivity index (χ1) is 24.7. The number of methoxy groups -OCH3 is 1. The fourth-order valence-electron chi connectivity index (χ4n) is 6.29. The molecule has 2 fully saturated rings. The van der Waals surface area contributed by atoms with Gasteiger partial charge in [-0.2, -0.15) is 11.8 Å². The molecule has 0 bridgehead atoms. The van der Waals surface area contributed by atoms with E-state index in [9.17, 15) is 28.8 Å². The van der Waals surface area contributed by atoms with E-state index in [4.69, 9.17) is 4.74 Å². The fraction of sp³-hybridized carbons (Fsp3) is 0.676. The minimum Gasteiger partial charge on any atom is -0.383 e. The molecule has 13 nitrogen and oxygen atoms in total. The van der Waals surface area contributed by atoms with E-state index >= 15 is 0 Å². The zero-order valence-corrected chi connectivity index (χ0v) is 31.2. The number of hydrogen-bond acceptors (Lipinski definition) is 8. The number of ketones is 1. The molecule has 3 atom stereocenters. The Balaban J connectivity index is 1.19. The van der Waals surface area contributed by atoms with Gasteiger partial charge in [0, 0.05) is 63.6 Å². The third kappa shape index (κ3) is 16.5. The predicted molar refractivity (Wildman–Crippen MR) is 198 cm³/mol. The Bertz CT molecular complexity index is 1270. The predicted octanol–water partition coefficient (Wildman–Crippen LogP) is 3.16. The van der Waals surface area contributed by atoms with Gasteiger partial charge in [0.15, 0.2) is 0 Å². The summed E-state index contributed by atoms with van der Waals surface area (Å²) < 4.78 is 5.16. The summed E-state index contributed by atoms with van der Waals surface area (Å²) in [5.41, 5.74) is 0.908. The van der Waals surface area contributed by atoms with Crippen molar-refractivity contribution in [1.82, 2.24) is 31.1 Å². The van der Waals surface area contributed by atoms with Gasteiger partial charge in [0.2, 0.25) is 23.6 Å². The first-order valence-electron chi connectivity index (χ1n) is 18.5. The minimum absolute atomic E-state index is 0.00433. The van der Waals surface area contributed by atoms with Crippen molar-refractivity contribution in [2.75, 3.05) is 52.2 Å². The van der Waals surface area contributed by atoms with Crippen LogP contribution in [0.15, 0.2) is 30.3 Å². The Morgan fingerprint density at radius 3 is 2.10 bits per heavy atom. The van der Waals surface area contributed by atoms with Gasteiger partial charge in [0.1, 0.15) is 5.78 Å². The number of nitrogens with zero attached hydrogens (tertiary/aromatic N) is 2. The van der Waals surface area contributed by atoms with Gasteiger partial charge in [0.05, 0.1) is 31.8 Å². The van der Waals surface area contributed by atoms with Crippen LogP contribution in [0.1, 0.15) is 89.5 Å². The number of urea groups is 1. The van der Waals surface area contributed by atoms with Crippen molar-refractivity contribution >= 4 is 47.2 Å². The Kier molecular flexibility index (Phi) is 19.5. The molecule has 2 aliphatic rings. The van der Waals surface area contributed by atoms with Gasteiger partial charge in [-0.1, -0.05) is 49.6 Å². The summed E-state index contributed by atoms with van der Waals surface area (Å²) in [5.74, 6) is 0.462. The van der Waals surface area contributed by atoms with Crippen molar-refractivity contribution < 1.29 is 33.5 Å². The highest BCUT2D eigenvalue weighted by Crippen LogP contribution is 2.33. The van der Waals surface area contributed by atoms with Crippen molar-refractivity contribution in [3.8, 4) is 0 Å². The second kappa shape index (κ2) is 23.8. The zero-order chi connectivity index (χ0) is 36.8. The Morgan fingerprint density at radius 2 is 1.45 bits per heavy atom. The first-order valence-corrected chi connectivity index (χ1v) is 19.5. The van der Waals surface area contributed by atoms with Gasteiger partial charge in [-0.3, -0.25) is 24.0 Å². The van der Waals surface area contributed by atoms with E-state index in [2.05, 4.69) is 21.3 Å². The van der Waals surface area contributed by atoms with Crippen molar-refractivity contribution in [3.05, 3.63) is 35.9 Å². The molecule has 4 N–H and O–H groups in total. The lowest BCUT2D eigenvalue weighted by atomic mass is 10.0. The van der Waals surface area contributed by atoms with Crippen LogP contribution in [0, 0.1) is 0 Å². The van der Waals surface area contributed by atoms with Crippen LogP contribution in [0.5, 0.6) is 0 Å². The summed E-state index contributed by atoms with van der Waals surface area (Å²) in [6.07, 6.45) is 8.63. The van der Waals surface area contributed by atoms with E-state index < -0.39 is 0 Å². The Hall–Kier alpha value is -3.65. The highest BCUT2D eigenvalue weighted by molar-refractivity contribution is 8.00. The van der Waals surface area contributed by atoms with Crippen LogP contribution in [0.25, 0.3) is 0 Å². The maximum absolute atomic E-state index is 13.2. The monoisotopic (exact) mass is 730 g/mol. The highest BCUT2D eigenvalue weighted by atomic mass is 32.2. The van der Waals surface area contributed by atoms with Crippen molar-refractivity contribution in [3.63, 3.8) is 0 Å². The summed E-state index contributed by atoms with van der Waals surface area (Å²) in [6, 6.07) is 9.81. The molecule has 1 aromatic carbocycles. The fourth-order valence-corrected chi connectivity index (χ4v) is 7.84. The molecule has 2 heterocycles. The number of carbonyl (C=O) groups is 6. The molecular weight excluding hydrogens is 673 g/mol. The lowest BCUT2D eigenvalue weighted by molar-refractivity contribution is -0.142. The lowest BCUT2D eigenvalue weighted by Crippen LogP contribution is -2.45. The summed E-state index contributed by atoms with van der Waals surface area (Å²) in [4.78, 5) is 77.0. The standard InChI is InChI=1S/C37H58N6O7S/c1-28(44)24-43(25-29-14-6-3-7-15-29)35(48)26-42(22-23-50-2)34(47)19-9-5-13-21-38-32(45)17-8-4-12-20-39-33(46)18-11-10-16-31-36-30(27-51-31)40-37(49)41-36/h3,6-7,14-15,30-31,36H,4-5,8-13,16-27H2,1-2H3,(H,38,45)(H,39,46)(H2,40,41,49)/t30-,31?,36-/m1/s1. The summed E-state index contributed by atoms with van der Waals surface area (Å²) >= 11 is 1.89. The number of carbonyl (C=O) groups excluding carboxylic acids is 6. The normalized spacial score (nSPS) is 17.6. The molecule has 6 amide bonds. The second-order valence-electron chi connectivity index (χ2n) is 13.4. The number of fused-ring (bicyclic) bond motifs is 1. The molecule has 284 valence electrons. The van der Waals surface area contributed by atoms with Crippen LogP contribution in [0.3, 0.4) is 0 Å². The van der Waals surface area contributed by atoms with Crippen molar-refractivity contribution in [1.29, 1.82) is 0 Å². The number of nitrogens with one attached hydrogen (secondary N) is 4. The molecule has 0 spiro atoms. The molecule has 0 aromatic heterocycles. The zero-order valence-electron chi connectivity index (χ0n) is 30.4.